The molecule has 0 saturated carbocycles. The number of aromatic nitrogens is 1. The van der Waals surface area contributed by atoms with Crippen LogP contribution in [-0.2, 0) is 0 Å². The summed E-state index contributed by atoms with van der Waals surface area (Å²) < 4.78 is 0. The van der Waals surface area contributed by atoms with Gasteiger partial charge in [0.05, 0.1) is 0 Å². The number of rotatable bonds is 2. The van der Waals surface area contributed by atoms with Gasteiger partial charge in [-0.3, -0.25) is 4.79 Å². The lowest BCUT2D eigenvalue weighted by atomic mass is 10.0. The Bertz CT molecular complexity index is 417. The Hall–Kier alpha value is -0.940. The molecule has 1 aromatic rings. The average molecular weight is 237 g/mol. The van der Waals surface area contributed by atoms with Crippen molar-refractivity contribution in [3.63, 3.8) is 0 Å². The first-order valence-corrected chi connectivity index (χ1v) is 6.49. The fourth-order valence-corrected chi connectivity index (χ4v) is 3.30. The number of hydrogen-bond donors (Lipinski definition) is 1. The number of carbonyl (C=O) groups is 1. The Morgan fingerprint density at radius 2 is 2.50 bits per heavy atom. The van der Waals surface area contributed by atoms with Gasteiger partial charge < -0.3 is 10.2 Å². The van der Waals surface area contributed by atoms with E-state index in [9.17, 15) is 4.79 Å². The maximum Gasteiger partial charge on any atom is 0.280 e. The van der Waals surface area contributed by atoms with Crippen molar-refractivity contribution in [3.8, 4) is 0 Å². The van der Waals surface area contributed by atoms with Gasteiger partial charge >= 0.3 is 0 Å². The van der Waals surface area contributed by atoms with E-state index in [-0.39, 0.29) is 5.91 Å². The molecule has 1 N–H and O–H groups in total. The molecular formula is C11H15N3OS. The zero-order valence-corrected chi connectivity index (χ0v) is 10.1. The molecule has 2 bridgehead atoms. The summed E-state index contributed by atoms with van der Waals surface area (Å²) in [4.78, 5) is 19.5. The first-order chi connectivity index (χ1) is 7.72. The fraction of sp³-hybridized carbons (Fsp3) is 0.636. The third-order valence-corrected chi connectivity index (χ3v) is 4.38. The van der Waals surface area contributed by atoms with Crippen LogP contribution < -0.4 is 5.32 Å². The maximum atomic E-state index is 11.9. The number of hydrogen-bond acceptors (Lipinski definition) is 4. The molecule has 1 aromatic heterocycles. The topological polar surface area (TPSA) is 45.2 Å². The molecular weight excluding hydrogens is 222 g/mol. The molecule has 0 aromatic carbocycles. The monoisotopic (exact) mass is 237 g/mol. The number of amides is 1. The zero-order chi connectivity index (χ0) is 11.1. The van der Waals surface area contributed by atoms with Crippen LogP contribution in [0.4, 0.5) is 0 Å². The molecule has 86 valence electrons. The predicted octanol–water partition coefficient (Wildman–Crippen LogP) is 0.885. The van der Waals surface area contributed by atoms with E-state index in [2.05, 4.69) is 15.2 Å². The fourth-order valence-electron chi connectivity index (χ4n) is 2.64. The maximum absolute atomic E-state index is 11.9. The summed E-state index contributed by atoms with van der Waals surface area (Å²) in [6, 6.07) is 0.338. The van der Waals surface area contributed by atoms with Crippen molar-refractivity contribution in [2.75, 3.05) is 19.6 Å². The Kier molecular flexibility index (Phi) is 2.44. The van der Waals surface area contributed by atoms with Crippen LogP contribution in [0.3, 0.4) is 0 Å². The Labute approximate surface area is 98.7 Å². The van der Waals surface area contributed by atoms with Crippen molar-refractivity contribution in [2.45, 2.75) is 19.4 Å². The van der Waals surface area contributed by atoms with Crippen molar-refractivity contribution >= 4 is 17.2 Å². The Morgan fingerprint density at radius 1 is 1.62 bits per heavy atom. The lowest BCUT2D eigenvalue weighted by Crippen LogP contribution is -2.43. The number of nitrogens with zero attached hydrogens (tertiary/aromatic N) is 2. The van der Waals surface area contributed by atoms with Gasteiger partial charge in [0, 0.05) is 30.2 Å². The molecule has 2 aliphatic heterocycles. The van der Waals surface area contributed by atoms with Crippen LogP contribution in [0, 0.1) is 12.8 Å². The van der Waals surface area contributed by atoms with E-state index >= 15 is 0 Å². The second-order valence-corrected chi connectivity index (χ2v) is 5.90. The molecule has 0 radical (unpaired) electrons. The van der Waals surface area contributed by atoms with Crippen molar-refractivity contribution in [1.82, 2.24) is 15.2 Å². The molecule has 0 spiro atoms. The van der Waals surface area contributed by atoms with Crippen LogP contribution in [0.25, 0.3) is 0 Å². The van der Waals surface area contributed by atoms with Crippen molar-refractivity contribution in [2.24, 2.45) is 5.92 Å². The SMILES string of the molecule is Cc1cnc(C(=O)NC2CN3CC[C@H]2C3)s1. The molecule has 3 heterocycles. The van der Waals surface area contributed by atoms with Crippen molar-refractivity contribution in [1.29, 1.82) is 0 Å². The lowest BCUT2D eigenvalue weighted by molar-refractivity contribution is 0.0924. The van der Waals surface area contributed by atoms with Crippen LogP contribution in [0.15, 0.2) is 6.20 Å². The van der Waals surface area contributed by atoms with E-state index in [1.165, 1.54) is 24.3 Å². The second-order valence-electron chi connectivity index (χ2n) is 4.66. The van der Waals surface area contributed by atoms with Gasteiger partial charge in [0.25, 0.3) is 5.91 Å². The van der Waals surface area contributed by atoms with Crippen molar-refractivity contribution < 1.29 is 4.79 Å². The summed E-state index contributed by atoms with van der Waals surface area (Å²) in [6.45, 7) is 5.34. The van der Waals surface area contributed by atoms with E-state index in [4.69, 9.17) is 0 Å². The normalized spacial score (nSPS) is 31.9. The van der Waals surface area contributed by atoms with E-state index in [1.807, 2.05) is 6.92 Å². The highest BCUT2D eigenvalue weighted by atomic mass is 32.1. The second kappa shape index (κ2) is 3.82. The summed E-state index contributed by atoms with van der Waals surface area (Å²) >= 11 is 1.46. The predicted molar refractivity (Wildman–Crippen MR) is 62.7 cm³/mol. The lowest BCUT2D eigenvalue weighted by Gasteiger charge is -2.22. The molecule has 4 nitrogen and oxygen atoms in total. The molecule has 0 aliphatic carbocycles. The van der Waals surface area contributed by atoms with Gasteiger partial charge in [-0.15, -0.1) is 11.3 Å². The summed E-state index contributed by atoms with van der Waals surface area (Å²) in [7, 11) is 0. The number of nitrogens with one attached hydrogen (secondary N) is 1. The third-order valence-electron chi connectivity index (χ3n) is 3.46. The van der Waals surface area contributed by atoms with Crippen molar-refractivity contribution in [3.05, 3.63) is 16.1 Å². The molecule has 16 heavy (non-hydrogen) atoms. The highest BCUT2D eigenvalue weighted by Crippen LogP contribution is 2.28. The summed E-state index contributed by atoms with van der Waals surface area (Å²) in [5.41, 5.74) is 0. The molecule has 2 unspecified atom stereocenters. The zero-order valence-electron chi connectivity index (χ0n) is 9.27. The van der Waals surface area contributed by atoms with Gasteiger partial charge in [-0.25, -0.2) is 4.98 Å². The quantitative estimate of drug-likeness (QED) is 0.830. The minimum Gasteiger partial charge on any atom is -0.346 e. The van der Waals surface area contributed by atoms with Gasteiger partial charge in [0.2, 0.25) is 0 Å². The summed E-state index contributed by atoms with van der Waals surface area (Å²) in [6.07, 6.45) is 2.98. The largest absolute Gasteiger partial charge is 0.346 e. The first kappa shape index (κ1) is 10.2. The molecule has 3 rings (SSSR count). The van der Waals surface area contributed by atoms with Crippen LogP contribution in [0.5, 0.6) is 0 Å². The Balaban J connectivity index is 1.65. The molecule has 2 saturated heterocycles. The minimum atomic E-state index is -0.00292. The molecule has 5 heteroatoms. The highest BCUT2D eigenvalue weighted by molar-refractivity contribution is 7.13. The number of aryl methyl sites for hydroxylation is 1. The molecule has 1 amide bonds. The molecule has 2 aliphatic rings. The van der Waals surface area contributed by atoms with Gasteiger partial charge in [-0.05, 0) is 25.8 Å². The van der Waals surface area contributed by atoms with Crippen LogP contribution in [-0.4, -0.2) is 41.5 Å². The smallest absolute Gasteiger partial charge is 0.280 e. The summed E-state index contributed by atoms with van der Waals surface area (Å²) in [5, 5.41) is 3.70. The number of fused-ring (bicyclic) bond motifs is 2. The molecule has 2 fully saturated rings. The first-order valence-electron chi connectivity index (χ1n) is 5.68. The van der Waals surface area contributed by atoms with E-state index in [1.54, 1.807) is 6.20 Å². The van der Waals surface area contributed by atoms with E-state index in [0.717, 1.165) is 18.0 Å². The van der Waals surface area contributed by atoms with Gasteiger partial charge in [-0.2, -0.15) is 0 Å². The van der Waals surface area contributed by atoms with Crippen LogP contribution in [0.1, 0.15) is 21.1 Å². The van der Waals surface area contributed by atoms with E-state index in [0.29, 0.717) is 17.0 Å². The summed E-state index contributed by atoms with van der Waals surface area (Å²) in [5.74, 6) is 0.654. The van der Waals surface area contributed by atoms with Gasteiger partial charge in [-0.1, -0.05) is 0 Å². The number of carbonyl (C=O) groups excluding carboxylic acids is 1. The number of thiazole rings is 1. The van der Waals surface area contributed by atoms with Crippen LogP contribution in [0.2, 0.25) is 0 Å². The van der Waals surface area contributed by atoms with Gasteiger partial charge in [0.15, 0.2) is 5.01 Å². The van der Waals surface area contributed by atoms with E-state index < -0.39 is 0 Å². The average Bonchev–Trinajstić information content (AvgIpc) is 2.92. The minimum absolute atomic E-state index is 0.00292. The highest BCUT2D eigenvalue weighted by Gasteiger charge is 2.38. The Morgan fingerprint density at radius 3 is 3.06 bits per heavy atom. The number of piperidine rings is 1. The third kappa shape index (κ3) is 1.74. The standard InChI is InChI=1S/C11H15N3OS/c1-7-4-12-11(16-7)10(15)13-9-6-14-3-2-8(9)5-14/h4,8-9H,2-3,5-6H2,1H3,(H,13,15)/t8-,9?/m0/s1. The van der Waals surface area contributed by atoms with Crippen LogP contribution >= 0.6 is 11.3 Å². The van der Waals surface area contributed by atoms with Gasteiger partial charge in [0.1, 0.15) is 0 Å². The molecule has 3 atom stereocenters.